The molecule has 0 spiro atoms. The van der Waals surface area contributed by atoms with Crippen LogP contribution in [0.25, 0.3) is 0 Å². The first-order valence-electron chi connectivity index (χ1n) is 39.8. The molecule has 0 aromatic rings. The standard InChI is InChI=1S/C82H147NO13/c1-3-5-7-9-11-13-15-17-19-21-23-25-27-29-31-33-35-37-39-41-43-45-47-49-51-53-55-57-59-61-63-65-71(86)70(69-93-81-79(92)77(90)80(73(68-85)95-81)96-82-78(91)76(89)75(88)72(67-84)94-82)83-74(87)66-64-62-60-58-56-54-52-50-48-46-44-42-40-38-36-34-32-30-28-26-24-22-20-18-16-14-12-10-8-6-4-2/h6,8,12,14,18,20,24,26,47,49,55,57,63,65,70-73,75-82,84-86,88-92H,3-5,7,9-11,13,15-17,19,21-23,25,27-46,48,50-54,56,58-62,64,66-69H2,1-2H3,(H,83,87)/b8-6-,14-12-,20-18-,26-24-,49-47+,57-55+,65-63+. The molecule has 2 aliphatic rings. The van der Waals surface area contributed by atoms with Gasteiger partial charge in [0.15, 0.2) is 12.6 Å². The molecule has 2 aliphatic heterocycles. The molecule has 0 aliphatic carbocycles. The predicted octanol–water partition coefficient (Wildman–Crippen LogP) is 17.9. The third-order valence-electron chi connectivity index (χ3n) is 19.0. The van der Waals surface area contributed by atoms with Crippen LogP contribution in [-0.4, -0.2) is 140 Å². The lowest BCUT2D eigenvalue weighted by Crippen LogP contribution is -2.65. The Labute approximate surface area is 586 Å². The maximum Gasteiger partial charge on any atom is 0.220 e. The van der Waals surface area contributed by atoms with E-state index in [0.29, 0.717) is 12.8 Å². The minimum absolute atomic E-state index is 0.250. The molecule has 14 nitrogen and oxygen atoms in total. The molecule has 2 heterocycles. The number of hydrogen-bond acceptors (Lipinski definition) is 13. The predicted molar refractivity (Wildman–Crippen MR) is 396 cm³/mol. The van der Waals surface area contributed by atoms with Gasteiger partial charge in [-0.1, -0.05) is 330 Å². The summed E-state index contributed by atoms with van der Waals surface area (Å²) in [6.07, 6.45) is 75.3. The van der Waals surface area contributed by atoms with Crippen LogP contribution >= 0.6 is 0 Å². The molecule has 9 N–H and O–H groups in total. The molecule has 14 heteroatoms. The molecular formula is C82H147NO13. The van der Waals surface area contributed by atoms with Crippen molar-refractivity contribution in [3.63, 3.8) is 0 Å². The van der Waals surface area contributed by atoms with Gasteiger partial charge in [0.1, 0.15) is 48.8 Å². The number of rotatable bonds is 66. The zero-order valence-corrected chi connectivity index (χ0v) is 61.1. The van der Waals surface area contributed by atoms with E-state index >= 15 is 0 Å². The van der Waals surface area contributed by atoms with Crippen LogP contribution in [-0.2, 0) is 23.7 Å². The summed E-state index contributed by atoms with van der Waals surface area (Å²) in [5.74, 6) is -0.250. The molecule has 0 saturated carbocycles. The Hall–Kier alpha value is -2.83. The zero-order valence-electron chi connectivity index (χ0n) is 61.1. The van der Waals surface area contributed by atoms with E-state index in [0.717, 1.165) is 70.6 Å². The Bertz CT molecular complexity index is 1940. The maximum absolute atomic E-state index is 13.4. The Morgan fingerprint density at radius 2 is 0.729 bits per heavy atom. The number of amides is 1. The fourth-order valence-corrected chi connectivity index (χ4v) is 12.8. The van der Waals surface area contributed by atoms with Gasteiger partial charge in [0.05, 0.1) is 32.0 Å². The minimum Gasteiger partial charge on any atom is -0.394 e. The van der Waals surface area contributed by atoms with Gasteiger partial charge in [-0.05, 0) is 83.5 Å². The molecule has 2 fully saturated rings. The van der Waals surface area contributed by atoms with Gasteiger partial charge in [0.2, 0.25) is 5.91 Å². The smallest absolute Gasteiger partial charge is 0.220 e. The van der Waals surface area contributed by atoms with E-state index in [1.165, 1.54) is 231 Å². The van der Waals surface area contributed by atoms with E-state index in [1.807, 2.05) is 6.08 Å². The van der Waals surface area contributed by atoms with Gasteiger partial charge in [-0.3, -0.25) is 4.79 Å². The number of ether oxygens (including phenoxy) is 4. The van der Waals surface area contributed by atoms with Crippen molar-refractivity contribution in [1.29, 1.82) is 0 Å². The first-order valence-corrected chi connectivity index (χ1v) is 39.8. The average molecular weight is 1360 g/mol. The molecule has 12 unspecified atom stereocenters. The van der Waals surface area contributed by atoms with Gasteiger partial charge in [-0.25, -0.2) is 0 Å². The number of unbranched alkanes of at least 4 members (excludes halogenated alkanes) is 41. The summed E-state index contributed by atoms with van der Waals surface area (Å²) in [6.45, 7) is 2.71. The first-order chi connectivity index (χ1) is 47.1. The molecule has 2 saturated heterocycles. The highest BCUT2D eigenvalue weighted by Gasteiger charge is 2.51. The van der Waals surface area contributed by atoms with Crippen molar-refractivity contribution < 1.29 is 64.6 Å². The Morgan fingerprint density at radius 3 is 1.15 bits per heavy atom. The fraction of sp³-hybridized carbons (Fsp3) is 0.817. The van der Waals surface area contributed by atoms with Crippen LogP contribution in [0.2, 0.25) is 0 Å². The van der Waals surface area contributed by atoms with E-state index in [9.17, 15) is 45.6 Å². The van der Waals surface area contributed by atoms with E-state index in [1.54, 1.807) is 6.08 Å². The second-order valence-electron chi connectivity index (χ2n) is 27.8. The number of aliphatic hydroxyl groups excluding tert-OH is 8. The van der Waals surface area contributed by atoms with Crippen molar-refractivity contribution in [2.24, 2.45) is 0 Å². The second-order valence-corrected chi connectivity index (χ2v) is 27.8. The van der Waals surface area contributed by atoms with Crippen molar-refractivity contribution in [3.8, 4) is 0 Å². The molecule has 0 bridgehead atoms. The third kappa shape index (κ3) is 48.1. The van der Waals surface area contributed by atoms with E-state index in [2.05, 4.69) is 92.1 Å². The highest BCUT2D eigenvalue weighted by Crippen LogP contribution is 2.30. The van der Waals surface area contributed by atoms with Crippen LogP contribution in [0.5, 0.6) is 0 Å². The second kappa shape index (κ2) is 65.5. The lowest BCUT2D eigenvalue weighted by atomic mass is 9.97. The first kappa shape index (κ1) is 89.3. The minimum atomic E-state index is -1.80. The zero-order chi connectivity index (χ0) is 69.4. The summed E-state index contributed by atoms with van der Waals surface area (Å²) < 4.78 is 22.9. The lowest BCUT2D eigenvalue weighted by molar-refractivity contribution is -0.359. The number of carbonyl (C=O) groups excluding carboxylic acids is 1. The Morgan fingerprint density at radius 1 is 0.385 bits per heavy atom. The van der Waals surface area contributed by atoms with Crippen molar-refractivity contribution in [3.05, 3.63) is 85.1 Å². The van der Waals surface area contributed by atoms with Crippen molar-refractivity contribution in [1.82, 2.24) is 5.32 Å². The number of aliphatic hydroxyl groups is 8. The van der Waals surface area contributed by atoms with E-state index in [4.69, 9.17) is 18.9 Å². The van der Waals surface area contributed by atoms with Crippen molar-refractivity contribution >= 4 is 5.91 Å². The van der Waals surface area contributed by atoms with Gasteiger partial charge in [0.25, 0.3) is 0 Å². The van der Waals surface area contributed by atoms with Crippen LogP contribution in [0, 0.1) is 0 Å². The number of allylic oxidation sites excluding steroid dienone is 13. The van der Waals surface area contributed by atoms with Crippen LogP contribution in [0.1, 0.15) is 335 Å². The summed E-state index contributed by atoms with van der Waals surface area (Å²) in [6, 6.07) is -0.943. The molecule has 0 aromatic heterocycles. The summed E-state index contributed by atoms with van der Waals surface area (Å²) >= 11 is 0. The van der Waals surface area contributed by atoms with E-state index < -0.39 is 86.8 Å². The van der Waals surface area contributed by atoms with Crippen LogP contribution in [0.3, 0.4) is 0 Å². The quantitative estimate of drug-likeness (QED) is 0.0204. The van der Waals surface area contributed by atoms with Crippen molar-refractivity contribution in [2.45, 2.75) is 408 Å². The van der Waals surface area contributed by atoms with Gasteiger partial charge in [0, 0.05) is 6.42 Å². The summed E-state index contributed by atoms with van der Waals surface area (Å²) in [4.78, 5) is 13.4. The summed E-state index contributed by atoms with van der Waals surface area (Å²) in [7, 11) is 0. The van der Waals surface area contributed by atoms with Crippen molar-refractivity contribution in [2.75, 3.05) is 19.8 Å². The number of carbonyl (C=O) groups is 1. The van der Waals surface area contributed by atoms with Crippen LogP contribution < -0.4 is 5.32 Å². The van der Waals surface area contributed by atoms with Gasteiger partial charge >= 0.3 is 0 Å². The normalized spacial score (nSPS) is 22.7. The van der Waals surface area contributed by atoms with Gasteiger partial charge < -0.3 is 65.1 Å². The molecular weight excluding hydrogens is 1210 g/mol. The van der Waals surface area contributed by atoms with Gasteiger partial charge in [-0.2, -0.15) is 0 Å². The van der Waals surface area contributed by atoms with Gasteiger partial charge in [-0.15, -0.1) is 0 Å². The fourth-order valence-electron chi connectivity index (χ4n) is 12.8. The topological polar surface area (TPSA) is 228 Å². The largest absolute Gasteiger partial charge is 0.394 e. The molecule has 12 atom stereocenters. The Kier molecular flexibility index (Phi) is 60.9. The molecule has 0 radical (unpaired) electrons. The highest BCUT2D eigenvalue weighted by atomic mass is 16.7. The summed E-state index contributed by atoms with van der Waals surface area (Å²) in [5.41, 5.74) is 0. The average Bonchev–Trinajstić information content (AvgIpc) is 0.797. The lowest BCUT2D eigenvalue weighted by Gasteiger charge is -2.46. The van der Waals surface area contributed by atoms with E-state index in [-0.39, 0.29) is 18.9 Å². The number of nitrogens with one attached hydrogen (secondary N) is 1. The molecule has 96 heavy (non-hydrogen) atoms. The molecule has 558 valence electrons. The van der Waals surface area contributed by atoms with Crippen LogP contribution in [0.15, 0.2) is 85.1 Å². The summed E-state index contributed by atoms with van der Waals surface area (Å²) in [5, 5.41) is 87.6. The third-order valence-corrected chi connectivity index (χ3v) is 19.0. The molecule has 0 aromatic carbocycles. The number of hydrogen-bond donors (Lipinski definition) is 9. The molecule has 2 rings (SSSR count). The highest BCUT2D eigenvalue weighted by molar-refractivity contribution is 5.76. The maximum atomic E-state index is 13.4. The molecule has 1 amide bonds. The SMILES string of the molecule is CC/C=C\C/C=C\C/C=C\C/C=C\CCCCCCCCCCCCCCCCCCCCC(=O)NC(COC1OC(CO)C(OC2OC(CO)C(O)C(O)C2O)C(O)C1O)C(O)/C=C/CC/C=C/CC/C=C/CCCCCCCCCCCCCCCCCCCCCCC. The van der Waals surface area contributed by atoms with Crippen LogP contribution in [0.4, 0.5) is 0 Å². The monoisotopic (exact) mass is 1350 g/mol. The Balaban J connectivity index is 1.64.